The van der Waals surface area contributed by atoms with Gasteiger partial charge in [-0.1, -0.05) is 6.92 Å². The Kier molecular flexibility index (Phi) is 4.62. The molecule has 94 valence electrons. The molecule has 2 rings (SSSR count). The third-order valence-electron chi connectivity index (χ3n) is 4.16. The molecule has 16 heavy (non-hydrogen) atoms. The molecule has 0 radical (unpaired) electrons. The van der Waals surface area contributed by atoms with Gasteiger partial charge in [0.25, 0.3) is 0 Å². The van der Waals surface area contributed by atoms with Gasteiger partial charge in [0.1, 0.15) is 0 Å². The van der Waals surface area contributed by atoms with E-state index in [2.05, 4.69) is 29.1 Å². The normalized spacial score (nSPS) is 34.1. The number of rotatable bonds is 3. The summed E-state index contributed by atoms with van der Waals surface area (Å²) in [5.41, 5.74) is 0. The molecule has 0 amide bonds. The molecule has 2 aliphatic heterocycles. The van der Waals surface area contributed by atoms with Crippen LogP contribution >= 0.6 is 0 Å². The van der Waals surface area contributed by atoms with Crippen LogP contribution in [-0.4, -0.2) is 62.2 Å². The number of piperidine rings is 1. The van der Waals surface area contributed by atoms with Crippen LogP contribution in [0.5, 0.6) is 0 Å². The highest BCUT2D eigenvalue weighted by atomic mass is 15.2. The van der Waals surface area contributed by atoms with Crippen LogP contribution in [0.2, 0.25) is 0 Å². The molecule has 0 aromatic rings. The van der Waals surface area contributed by atoms with E-state index in [1.54, 1.807) is 0 Å². The minimum Gasteiger partial charge on any atom is -0.314 e. The first-order valence-corrected chi connectivity index (χ1v) is 6.93. The molecular formula is C13H27N3. The van der Waals surface area contributed by atoms with E-state index in [0.717, 1.165) is 12.0 Å². The summed E-state index contributed by atoms with van der Waals surface area (Å²) >= 11 is 0. The van der Waals surface area contributed by atoms with Crippen molar-refractivity contribution in [3.63, 3.8) is 0 Å². The molecule has 0 saturated carbocycles. The van der Waals surface area contributed by atoms with Gasteiger partial charge in [0.15, 0.2) is 0 Å². The lowest BCUT2D eigenvalue weighted by atomic mass is 9.96. The second kappa shape index (κ2) is 5.99. The second-order valence-corrected chi connectivity index (χ2v) is 5.53. The van der Waals surface area contributed by atoms with Crippen LogP contribution in [0.15, 0.2) is 0 Å². The number of nitrogens with zero attached hydrogens (tertiary/aromatic N) is 2. The highest BCUT2D eigenvalue weighted by Gasteiger charge is 2.25. The summed E-state index contributed by atoms with van der Waals surface area (Å²) in [7, 11) is 2.27. The van der Waals surface area contributed by atoms with E-state index in [-0.39, 0.29) is 0 Å². The number of piperazine rings is 1. The molecular weight excluding hydrogens is 198 g/mol. The molecule has 2 fully saturated rings. The Balaban J connectivity index is 1.82. The summed E-state index contributed by atoms with van der Waals surface area (Å²) in [4.78, 5) is 5.22. The third kappa shape index (κ3) is 3.19. The zero-order chi connectivity index (χ0) is 11.4. The van der Waals surface area contributed by atoms with Gasteiger partial charge in [-0.3, -0.25) is 4.90 Å². The minimum absolute atomic E-state index is 0.779. The van der Waals surface area contributed by atoms with E-state index < -0.39 is 0 Å². The summed E-state index contributed by atoms with van der Waals surface area (Å²) in [6, 6.07) is 0.779. The first kappa shape index (κ1) is 12.3. The molecule has 2 atom stereocenters. The van der Waals surface area contributed by atoms with Gasteiger partial charge in [0.2, 0.25) is 0 Å². The van der Waals surface area contributed by atoms with Crippen molar-refractivity contribution < 1.29 is 0 Å². The van der Waals surface area contributed by atoms with Crippen molar-refractivity contribution in [3.8, 4) is 0 Å². The fraction of sp³-hybridized carbons (Fsp3) is 1.00. The Hall–Kier alpha value is -0.120. The molecule has 3 heteroatoms. The summed E-state index contributed by atoms with van der Waals surface area (Å²) < 4.78 is 0. The maximum atomic E-state index is 3.51. The van der Waals surface area contributed by atoms with Crippen molar-refractivity contribution >= 4 is 0 Å². The topological polar surface area (TPSA) is 18.5 Å². The lowest BCUT2D eigenvalue weighted by Gasteiger charge is -2.40. The monoisotopic (exact) mass is 225 g/mol. The first-order chi connectivity index (χ1) is 7.79. The largest absolute Gasteiger partial charge is 0.314 e. The number of nitrogens with one attached hydrogen (secondary N) is 1. The molecule has 2 heterocycles. The fourth-order valence-electron chi connectivity index (χ4n) is 3.20. The van der Waals surface area contributed by atoms with Gasteiger partial charge < -0.3 is 10.2 Å². The second-order valence-electron chi connectivity index (χ2n) is 5.53. The summed E-state index contributed by atoms with van der Waals surface area (Å²) in [5.74, 6) is 0.908. The molecule has 2 unspecified atom stereocenters. The maximum Gasteiger partial charge on any atom is 0.0218 e. The zero-order valence-electron chi connectivity index (χ0n) is 10.9. The number of hydrogen-bond donors (Lipinski definition) is 1. The predicted molar refractivity (Wildman–Crippen MR) is 68.7 cm³/mol. The van der Waals surface area contributed by atoms with Gasteiger partial charge in [-0.15, -0.1) is 0 Å². The molecule has 0 aromatic carbocycles. The molecule has 2 saturated heterocycles. The Labute approximate surface area is 100 Å². The van der Waals surface area contributed by atoms with Crippen molar-refractivity contribution in [2.24, 2.45) is 5.92 Å². The van der Waals surface area contributed by atoms with E-state index in [1.807, 2.05) is 0 Å². The molecule has 1 N–H and O–H groups in total. The molecule has 0 spiro atoms. The van der Waals surface area contributed by atoms with Crippen LogP contribution < -0.4 is 5.32 Å². The van der Waals surface area contributed by atoms with Gasteiger partial charge in [-0.25, -0.2) is 0 Å². The lowest BCUT2D eigenvalue weighted by molar-refractivity contribution is 0.101. The predicted octanol–water partition coefficient (Wildman–Crippen LogP) is 1.01. The van der Waals surface area contributed by atoms with Crippen molar-refractivity contribution in [2.45, 2.75) is 32.2 Å². The van der Waals surface area contributed by atoms with Crippen LogP contribution in [-0.2, 0) is 0 Å². The summed E-state index contributed by atoms with van der Waals surface area (Å²) in [5, 5.41) is 3.51. The minimum atomic E-state index is 0.779. The van der Waals surface area contributed by atoms with Gasteiger partial charge in [0.05, 0.1) is 0 Å². The maximum absolute atomic E-state index is 3.51. The molecule has 2 aliphatic rings. The Morgan fingerprint density at radius 2 is 2.19 bits per heavy atom. The lowest BCUT2D eigenvalue weighted by Crippen LogP contribution is -2.53. The Morgan fingerprint density at radius 1 is 1.31 bits per heavy atom. The zero-order valence-corrected chi connectivity index (χ0v) is 10.9. The quantitative estimate of drug-likeness (QED) is 0.773. The van der Waals surface area contributed by atoms with Gasteiger partial charge in [0, 0.05) is 38.8 Å². The van der Waals surface area contributed by atoms with Gasteiger partial charge in [-0.05, 0) is 38.8 Å². The third-order valence-corrected chi connectivity index (χ3v) is 4.16. The summed E-state index contributed by atoms with van der Waals surface area (Å²) in [6.07, 6.45) is 4.12. The average Bonchev–Trinajstić information content (AvgIpc) is 2.30. The Bertz CT molecular complexity index is 207. The van der Waals surface area contributed by atoms with Crippen LogP contribution in [0, 0.1) is 5.92 Å². The van der Waals surface area contributed by atoms with Gasteiger partial charge >= 0.3 is 0 Å². The van der Waals surface area contributed by atoms with Crippen molar-refractivity contribution in [1.29, 1.82) is 0 Å². The average molecular weight is 225 g/mol. The molecule has 0 aliphatic carbocycles. The van der Waals surface area contributed by atoms with Crippen LogP contribution in [0.3, 0.4) is 0 Å². The molecule has 0 bridgehead atoms. The van der Waals surface area contributed by atoms with Crippen molar-refractivity contribution in [1.82, 2.24) is 15.1 Å². The highest BCUT2D eigenvalue weighted by molar-refractivity contribution is 4.82. The SMILES string of the molecule is CCC1CNCCN1CC1CCCN(C)C1. The van der Waals surface area contributed by atoms with Crippen LogP contribution in [0.25, 0.3) is 0 Å². The van der Waals surface area contributed by atoms with Gasteiger partial charge in [-0.2, -0.15) is 0 Å². The van der Waals surface area contributed by atoms with E-state index in [0.29, 0.717) is 0 Å². The first-order valence-electron chi connectivity index (χ1n) is 6.93. The highest BCUT2D eigenvalue weighted by Crippen LogP contribution is 2.18. The fourth-order valence-corrected chi connectivity index (χ4v) is 3.20. The number of likely N-dealkylation sites (tertiary alicyclic amines) is 1. The van der Waals surface area contributed by atoms with E-state index in [4.69, 9.17) is 0 Å². The van der Waals surface area contributed by atoms with Crippen LogP contribution in [0.1, 0.15) is 26.2 Å². The van der Waals surface area contributed by atoms with Crippen LogP contribution in [0.4, 0.5) is 0 Å². The van der Waals surface area contributed by atoms with Crippen molar-refractivity contribution in [3.05, 3.63) is 0 Å². The van der Waals surface area contributed by atoms with E-state index in [1.165, 1.54) is 58.5 Å². The van der Waals surface area contributed by atoms with Crippen molar-refractivity contribution in [2.75, 3.05) is 46.3 Å². The molecule has 0 aromatic heterocycles. The smallest absolute Gasteiger partial charge is 0.0218 e. The molecule has 3 nitrogen and oxygen atoms in total. The van der Waals surface area contributed by atoms with E-state index in [9.17, 15) is 0 Å². The standard InChI is InChI=1S/C13H27N3/c1-3-13-9-14-6-8-16(13)11-12-5-4-7-15(2)10-12/h12-14H,3-11H2,1-2H3. The summed E-state index contributed by atoms with van der Waals surface area (Å²) in [6.45, 7) is 9.87. The van der Waals surface area contributed by atoms with E-state index >= 15 is 0 Å². The number of hydrogen-bond acceptors (Lipinski definition) is 3. The Morgan fingerprint density at radius 3 is 2.94 bits per heavy atom.